The van der Waals surface area contributed by atoms with Crippen LogP contribution in [0.1, 0.15) is 18.7 Å². The van der Waals surface area contributed by atoms with Gasteiger partial charge in [-0.2, -0.15) is 4.37 Å². The normalized spacial score (nSPS) is 12.5. The minimum atomic E-state index is -1.39. The summed E-state index contributed by atoms with van der Waals surface area (Å²) in [5.74, 6) is 0.588. The maximum Gasteiger partial charge on any atom is 0.207 e. The van der Waals surface area contributed by atoms with Crippen LogP contribution >= 0.6 is 11.5 Å². The number of rotatable bonds is 3. The van der Waals surface area contributed by atoms with E-state index in [9.17, 15) is 9.90 Å². The average Bonchev–Trinajstić information content (AvgIpc) is 2.50. The summed E-state index contributed by atoms with van der Waals surface area (Å²) >= 11 is 0.973. The minimum Gasteiger partial charge on any atom is -0.530 e. The van der Waals surface area contributed by atoms with Crippen LogP contribution in [0, 0.1) is 0 Å². The van der Waals surface area contributed by atoms with E-state index in [4.69, 9.17) is 5.73 Å². The van der Waals surface area contributed by atoms with Crippen LogP contribution in [0.3, 0.4) is 0 Å². The zero-order valence-electron chi connectivity index (χ0n) is 6.98. The van der Waals surface area contributed by atoms with Crippen molar-refractivity contribution < 1.29 is 9.90 Å². The van der Waals surface area contributed by atoms with Crippen molar-refractivity contribution in [1.29, 1.82) is 0 Å². The first-order valence-corrected chi connectivity index (χ1v) is 4.42. The lowest BCUT2D eigenvalue weighted by Crippen LogP contribution is -2.28. The van der Waals surface area contributed by atoms with Gasteiger partial charge in [-0.3, -0.25) is 0 Å². The number of amides is 1. The summed E-state index contributed by atoms with van der Waals surface area (Å²) in [7, 11) is 0. The second kappa shape index (κ2) is 4.15. The first-order valence-electron chi connectivity index (χ1n) is 3.65. The van der Waals surface area contributed by atoms with E-state index in [1.165, 1.54) is 0 Å². The Hall–Kier alpha value is -1.21. The zero-order valence-corrected chi connectivity index (χ0v) is 7.80. The summed E-state index contributed by atoms with van der Waals surface area (Å²) in [6.07, 6.45) is -1.39. The molecule has 13 heavy (non-hydrogen) atoms. The number of aromatic nitrogens is 2. The molecule has 0 aromatic carbocycles. The van der Waals surface area contributed by atoms with Crippen molar-refractivity contribution in [3.8, 4) is 0 Å². The quantitative estimate of drug-likeness (QED) is 0.676. The number of anilines is 1. The van der Waals surface area contributed by atoms with E-state index in [-0.39, 0.29) is 11.0 Å². The van der Waals surface area contributed by atoms with Crippen molar-refractivity contribution in [2.45, 2.75) is 12.8 Å². The summed E-state index contributed by atoms with van der Waals surface area (Å²) in [5.41, 5.74) is 5.39. The molecule has 0 bridgehead atoms. The molecule has 0 aliphatic heterocycles. The first-order chi connectivity index (χ1) is 6.13. The summed E-state index contributed by atoms with van der Waals surface area (Å²) in [5, 5.41) is 12.3. The first kappa shape index (κ1) is 9.87. The predicted octanol–water partition coefficient (Wildman–Crippen LogP) is -0.644. The molecule has 0 saturated heterocycles. The van der Waals surface area contributed by atoms with Gasteiger partial charge >= 0.3 is 0 Å². The maximum atomic E-state index is 10.1. The molecule has 1 rings (SSSR count). The second-order valence-electron chi connectivity index (χ2n) is 2.51. The lowest BCUT2D eigenvalue weighted by Gasteiger charge is -2.01. The lowest BCUT2D eigenvalue weighted by atomic mass is 10.2. The molecular weight excluding hydrogens is 192 g/mol. The Morgan fingerprint density at radius 2 is 2.54 bits per heavy atom. The van der Waals surface area contributed by atoms with Gasteiger partial charge in [0, 0.05) is 24.0 Å². The molecule has 0 saturated carbocycles. The Morgan fingerprint density at radius 3 is 3.08 bits per heavy atom. The average molecular weight is 201 g/mol. The van der Waals surface area contributed by atoms with Gasteiger partial charge in [-0.1, -0.05) is 6.92 Å². The summed E-state index contributed by atoms with van der Waals surface area (Å²) < 4.78 is 3.94. The van der Waals surface area contributed by atoms with E-state index in [2.05, 4.69) is 9.36 Å². The van der Waals surface area contributed by atoms with Gasteiger partial charge in [-0.25, -0.2) is 4.98 Å². The van der Waals surface area contributed by atoms with Crippen molar-refractivity contribution in [1.82, 2.24) is 9.36 Å². The van der Waals surface area contributed by atoms with Crippen molar-refractivity contribution in [3.05, 3.63) is 5.82 Å². The predicted molar refractivity (Wildman–Crippen MR) is 46.4 cm³/mol. The van der Waals surface area contributed by atoms with Crippen LogP contribution in [0.2, 0.25) is 0 Å². The van der Waals surface area contributed by atoms with Crippen molar-refractivity contribution in [3.63, 3.8) is 0 Å². The lowest BCUT2D eigenvalue weighted by molar-refractivity contribution is -0.242. The third-order valence-corrected chi connectivity index (χ3v) is 2.09. The molecule has 1 unspecified atom stereocenters. The summed E-state index contributed by atoms with van der Waals surface area (Å²) in [6, 6.07) is 0. The maximum absolute atomic E-state index is 10.1. The topological polar surface area (TPSA) is 104 Å². The Labute approximate surface area is 79.0 Å². The van der Waals surface area contributed by atoms with E-state index in [0.717, 1.165) is 11.5 Å². The van der Waals surface area contributed by atoms with Gasteiger partial charge in [0.05, 0.1) is 0 Å². The van der Waals surface area contributed by atoms with Gasteiger partial charge in [0.25, 0.3) is 0 Å². The van der Waals surface area contributed by atoms with Gasteiger partial charge in [0.15, 0.2) is 0 Å². The summed E-state index contributed by atoms with van der Waals surface area (Å²) in [6.45, 7) is 2.30. The molecule has 6 nitrogen and oxygen atoms in total. The van der Waals surface area contributed by atoms with Crippen molar-refractivity contribution >= 4 is 22.8 Å². The fourth-order valence-electron chi connectivity index (χ4n) is 0.679. The Bertz CT molecular complexity index is 301. The molecule has 1 heterocycles. The molecule has 0 radical (unpaired) electrons. The largest absolute Gasteiger partial charge is 0.530 e. The fourth-order valence-corrected chi connectivity index (χ4v) is 1.34. The second-order valence-corrected chi connectivity index (χ2v) is 3.26. The fraction of sp³-hybridized carbons (Fsp3) is 0.500. The van der Waals surface area contributed by atoms with Crippen LogP contribution in [0.15, 0.2) is 0 Å². The molecule has 3 N–H and O–H groups in total. The highest BCUT2D eigenvalue weighted by atomic mass is 32.1. The molecule has 1 aromatic rings. The third kappa shape index (κ3) is 2.63. The number of nitrogens with one attached hydrogen (secondary N) is 1. The summed E-state index contributed by atoms with van der Waals surface area (Å²) in [4.78, 5) is 14.0. The van der Waals surface area contributed by atoms with Gasteiger partial charge < -0.3 is 21.0 Å². The standard InChI is InChI=1S/C6H10N4O2S/c1-3(2-7)4-8-5(13-10-4)9-6(11)12/h3H,2,7H2,1H3,(H,11,12)(H,8,9,10)/p-1. The van der Waals surface area contributed by atoms with Crippen LogP contribution in [-0.2, 0) is 0 Å². The smallest absolute Gasteiger partial charge is 0.207 e. The van der Waals surface area contributed by atoms with Crippen molar-refractivity contribution in [2.75, 3.05) is 11.9 Å². The monoisotopic (exact) mass is 201 g/mol. The van der Waals surface area contributed by atoms with Crippen LogP contribution < -0.4 is 16.2 Å². The molecular formula is C6H9N4O2S-. The van der Waals surface area contributed by atoms with E-state index in [0.29, 0.717) is 12.4 Å². The Kier molecular flexibility index (Phi) is 3.15. The molecule has 72 valence electrons. The van der Waals surface area contributed by atoms with Crippen LogP contribution in [-0.4, -0.2) is 22.0 Å². The molecule has 7 heteroatoms. The number of carbonyl (C=O) groups is 1. The molecule has 0 spiro atoms. The number of hydrogen-bond donors (Lipinski definition) is 2. The van der Waals surface area contributed by atoms with Gasteiger partial charge in [0.2, 0.25) is 5.13 Å². The molecule has 0 aliphatic carbocycles. The van der Waals surface area contributed by atoms with Gasteiger partial charge in [0.1, 0.15) is 11.9 Å². The van der Waals surface area contributed by atoms with Gasteiger partial charge in [-0.15, -0.1) is 0 Å². The minimum absolute atomic E-state index is 0.0357. The third-order valence-electron chi connectivity index (χ3n) is 1.45. The molecule has 0 fully saturated rings. The van der Waals surface area contributed by atoms with Crippen LogP contribution in [0.25, 0.3) is 0 Å². The highest BCUT2D eigenvalue weighted by Crippen LogP contribution is 2.16. The van der Waals surface area contributed by atoms with Gasteiger partial charge in [-0.05, 0) is 0 Å². The highest BCUT2D eigenvalue weighted by molar-refractivity contribution is 7.09. The number of nitrogens with zero attached hydrogens (tertiary/aromatic N) is 2. The molecule has 1 atom stereocenters. The Morgan fingerprint density at radius 1 is 1.85 bits per heavy atom. The number of carbonyl (C=O) groups excluding carboxylic acids is 1. The number of hydrogen-bond acceptors (Lipinski definition) is 6. The molecule has 0 aliphatic rings. The molecule has 1 amide bonds. The Balaban J connectivity index is 2.68. The SMILES string of the molecule is CC(CN)c1nsc(NC(=O)[O-])n1. The van der Waals surface area contributed by atoms with E-state index >= 15 is 0 Å². The molecule has 1 aromatic heterocycles. The van der Waals surface area contributed by atoms with Crippen LogP contribution in [0.5, 0.6) is 0 Å². The zero-order chi connectivity index (χ0) is 9.84. The highest BCUT2D eigenvalue weighted by Gasteiger charge is 2.09. The van der Waals surface area contributed by atoms with Crippen molar-refractivity contribution in [2.24, 2.45) is 5.73 Å². The number of carboxylic acid groups (broad SMARTS) is 1. The van der Waals surface area contributed by atoms with E-state index < -0.39 is 6.09 Å². The van der Waals surface area contributed by atoms with Crippen LogP contribution in [0.4, 0.5) is 9.93 Å². The number of nitrogens with two attached hydrogens (primary N) is 1. The van der Waals surface area contributed by atoms with E-state index in [1.807, 2.05) is 12.2 Å². The van der Waals surface area contributed by atoms with E-state index in [1.54, 1.807) is 0 Å².